The summed E-state index contributed by atoms with van der Waals surface area (Å²) in [5, 5.41) is 16.6. The maximum absolute atomic E-state index is 11.7. The highest BCUT2D eigenvalue weighted by atomic mass is 16.7. The van der Waals surface area contributed by atoms with E-state index in [0.29, 0.717) is 41.9 Å². The average molecular weight is 507 g/mol. The molecule has 0 radical (unpaired) electrons. The van der Waals surface area contributed by atoms with Gasteiger partial charge in [-0.05, 0) is 81.0 Å². The van der Waals surface area contributed by atoms with Gasteiger partial charge >= 0.3 is 11.9 Å². The molecule has 2 spiro atoms. The van der Waals surface area contributed by atoms with Crippen molar-refractivity contribution in [3.05, 3.63) is 0 Å². The van der Waals surface area contributed by atoms with E-state index < -0.39 is 5.97 Å². The summed E-state index contributed by atoms with van der Waals surface area (Å²) in [5.74, 6) is 0.163. The Labute approximate surface area is 216 Å². The number of oxime groups is 2. The van der Waals surface area contributed by atoms with Crippen LogP contribution in [0.1, 0.15) is 113 Å². The van der Waals surface area contributed by atoms with Crippen LogP contribution in [0.3, 0.4) is 0 Å². The van der Waals surface area contributed by atoms with Crippen LogP contribution in [0.15, 0.2) is 10.3 Å². The molecule has 2 fully saturated rings. The van der Waals surface area contributed by atoms with E-state index in [1.807, 2.05) is 0 Å². The van der Waals surface area contributed by atoms with Gasteiger partial charge in [0.25, 0.3) is 0 Å². The van der Waals surface area contributed by atoms with Gasteiger partial charge in [0, 0.05) is 12.8 Å². The number of carboxylic acids is 1. The molecule has 2 aliphatic heterocycles. The van der Waals surface area contributed by atoms with E-state index in [2.05, 4.69) is 51.9 Å². The minimum Gasteiger partial charge on any atom is -0.477 e. The first-order valence-electron chi connectivity index (χ1n) is 13.6. The van der Waals surface area contributed by atoms with Crippen molar-refractivity contribution in [1.29, 1.82) is 0 Å². The van der Waals surface area contributed by atoms with E-state index in [1.165, 1.54) is 0 Å². The Kier molecular flexibility index (Phi) is 8.46. The zero-order valence-corrected chi connectivity index (χ0v) is 23.3. The smallest absolute Gasteiger partial charge is 0.356 e. The van der Waals surface area contributed by atoms with Gasteiger partial charge in [-0.1, -0.05) is 51.9 Å². The lowest BCUT2D eigenvalue weighted by molar-refractivity contribution is -0.135. The fourth-order valence-corrected chi connectivity index (χ4v) is 6.04. The molecular weight excluding hydrogens is 460 g/mol. The second-order valence-corrected chi connectivity index (χ2v) is 13.3. The molecular formula is C28H46N2O6. The third-order valence-electron chi connectivity index (χ3n) is 8.68. The van der Waals surface area contributed by atoms with Gasteiger partial charge < -0.3 is 19.5 Å². The predicted molar refractivity (Wildman–Crippen MR) is 139 cm³/mol. The molecule has 0 saturated heterocycles. The second-order valence-electron chi connectivity index (χ2n) is 13.3. The van der Waals surface area contributed by atoms with Crippen molar-refractivity contribution >= 4 is 23.4 Å². The predicted octanol–water partition coefficient (Wildman–Crippen LogP) is 6.12. The van der Waals surface area contributed by atoms with Crippen LogP contribution in [-0.4, -0.2) is 46.3 Å². The van der Waals surface area contributed by atoms with Gasteiger partial charge in [-0.3, -0.25) is 0 Å². The van der Waals surface area contributed by atoms with Gasteiger partial charge in [-0.25, -0.2) is 9.59 Å². The number of carbonyl (C=O) groups is 2. The number of nitrogens with zero attached hydrogens (tertiary/aromatic N) is 2. The minimum absolute atomic E-state index is 0.180. The number of hydrogen-bond acceptors (Lipinski definition) is 7. The summed E-state index contributed by atoms with van der Waals surface area (Å²) in [4.78, 5) is 33.5. The van der Waals surface area contributed by atoms with Crippen LogP contribution in [0, 0.1) is 22.7 Å². The molecule has 0 aromatic rings. The van der Waals surface area contributed by atoms with Gasteiger partial charge in [0.15, 0.2) is 11.4 Å². The number of rotatable bonds is 3. The Morgan fingerprint density at radius 3 is 1.56 bits per heavy atom. The number of esters is 1. The van der Waals surface area contributed by atoms with E-state index in [9.17, 15) is 9.59 Å². The molecule has 2 aliphatic carbocycles. The fraction of sp³-hybridized carbons (Fsp3) is 0.857. The summed E-state index contributed by atoms with van der Waals surface area (Å²) in [5.41, 5.74) is 0.774. The van der Waals surface area contributed by atoms with Crippen LogP contribution < -0.4 is 0 Å². The topological polar surface area (TPSA) is 107 Å². The first-order valence-corrected chi connectivity index (χ1v) is 13.6. The summed E-state index contributed by atoms with van der Waals surface area (Å²) < 4.78 is 4.99. The highest BCUT2D eigenvalue weighted by Crippen LogP contribution is 2.47. The average Bonchev–Trinajstić information content (AvgIpc) is 3.39. The number of carbonyl (C=O) groups excluding carboxylic acids is 1. The third kappa shape index (κ3) is 6.80. The highest BCUT2D eigenvalue weighted by Gasteiger charge is 2.47. The van der Waals surface area contributed by atoms with E-state index in [1.54, 1.807) is 6.92 Å². The number of ether oxygens (including phenoxy) is 1. The zero-order chi connectivity index (χ0) is 26.8. The highest BCUT2D eigenvalue weighted by molar-refractivity contribution is 6.37. The molecule has 2 heterocycles. The molecule has 0 aromatic carbocycles. The van der Waals surface area contributed by atoms with Gasteiger partial charge in [0.2, 0.25) is 0 Å². The molecule has 4 rings (SSSR count). The van der Waals surface area contributed by atoms with E-state index in [4.69, 9.17) is 19.5 Å². The second kappa shape index (κ2) is 10.7. The van der Waals surface area contributed by atoms with Crippen molar-refractivity contribution in [1.82, 2.24) is 0 Å². The van der Waals surface area contributed by atoms with Crippen molar-refractivity contribution in [2.45, 2.75) is 124 Å². The molecule has 0 amide bonds. The molecule has 36 heavy (non-hydrogen) atoms. The van der Waals surface area contributed by atoms with Crippen LogP contribution >= 0.6 is 0 Å². The maximum atomic E-state index is 11.7. The van der Waals surface area contributed by atoms with Gasteiger partial charge in [0.05, 0.1) is 6.61 Å². The molecule has 0 aromatic heterocycles. The first kappa shape index (κ1) is 28.5. The molecule has 2 saturated carbocycles. The quantitative estimate of drug-likeness (QED) is 0.462. The first-order chi connectivity index (χ1) is 16.7. The van der Waals surface area contributed by atoms with Crippen LogP contribution in [-0.2, 0) is 24.0 Å². The largest absolute Gasteiger partial charge is 0.477 e. The summed E-state index contributed by atoms with van der Waals surface area (Å²) in [6.07, 6.45) is 9.41. The van der Waals surface area contributed by atoms with Crippen LogP contribution in [0.4, 0.5) is 0 Å². The molecule has 4 aliphatic rings. The van der Waals surface area contributed by atoms with E-state index in [0.717, 1.165) is 57.3 Å². The summed E-state index contributed by atoms with van der Waals surface area (Å²) in [6, 6.07) is 0. The Bertz CT molecular complexity index is 863. The molecule has 0 bridgehead atoms. The summed E-state index contributed by atoms with van der Waals surface area (Å²) in [7, 11) is 0. The third-order valence-corrected chi connectivity index (χ3v) is 8.68. The number of aliphatic carboxylic acids is 1. The monoisotopic (exact) mass is 506 g/mol. The molecule has 8 heteroatoms. The van der Waals surface area contributed by atoms with Crippen molar-refractivity contribution in [3.8, 4) is 0 Å². The van der Waals surface area contributed by atoms with Gasteiger partial charge in [0.1, 0.15) is 11.2 Å². The molecule has 0 atom stereocenters. The Morgan fingerprint density at radius 1 is 0.833 bits per heavy atom. The van der Waals surface area contributed by atoms with Crippen LogP contribution in [0.25, 0.3) is 0 Å². The lowest BCUT2D eigenvalue weighted by Gasteiger charge is -2.40. The standard InChI is InChI=1S/C15H25NO3.C13H21NO3/c1-5-18-13(17)12-10-15(19-16-12)8-6-11(7-9-15)14(2,3)4;1-12(2,3)9-4-6-13(7-5-9)8-10(11(15)16)14-17-13/h11H,5-10H2,1-4H3;9H,4-8H2,1-3H3,(H,15,16). The van der Waals surface area contributed by atoms with Gasteiger partial charge in [-0.15, -0.1) is 0 Å². The SMILES string of the molecule is CC(C)(C)C1CCC2(CC1)CC(C(=O)O)=NO2.CCOC(=O)C1=NOC2(CCC(C(C)(C)C)CC2)C1. The van der Waals surface area contributed by atoms with Gasteiger partial charge in [-0.2, -0.15) is 0 Å². The van der Waals surface area contributed by atoms with Crippen molar-refractivity contribution in [2.75, 3.05) is 6.61 Å². The number of carboxylic acid groups (broad SMARTS) is 1. The van der Waals surface area contributed by atoms with E-state index in [-0.39, 0.29) is 22.9 Å². The molecule has 0 unspecified atom stereocenters. The zero-order valence-electron chi connectivity index (χ0n) is 23.3. The Balaban J connectivity index is 0.000000202. The van der Waals surface area contributed by atoms with E-state index >= 15 is 0 Å². The Hall–Kier alpha value is -2.12. The van der Waals surface area contributed by atoms with Crippen molar-refractivity contribution in [3.63, 3.8) is 0 Å². The lowest BCUT2D eigenvalue weighted by Crippen LogP contribution is -2.38. The van der Waals surface area contributed by atoms with Crippen LogP contribution in [0.2, 0.25) is 0 Å². The molecule has 8 nitrogen and oxygen atoms in total. The molecule has 1 N–H and O–H groups in total. The van der Waals surface area contributed by atoms with Crippen molar-refractivity contribution < 1.29 is 29.1 Å². The maximum Gasteiger partial charge on any atom is 0.356 e. The Morgan fingerprint density at radius 2 is 1.22 bits per heavy atom. The number of hydrogen-bond donors (Lipinski definition) is 1. The summed E-state index contributed by atoms with van der Waals surface area (Å²) in [6.45, 7) is 15.9. The minimum atomic E-state index is -0.945. The lowest BCUT2D eigenvalue weighted by atomic mass is 9.67. The normalized spacial score (nSPS) is 32.1. The van der Waals surface area contributed by atoms with Crippen molar-refractivity contribution in [2.24, 2.45) is 33.0 Å². The van der Waals surface area contributed by atoms with Crippen LogP contribution in [0.5, 0.6) is 0 Å². The molecule has 204 valence electrons. The fourth-order valence-electron chi connectivity index (χ4n) is 6.04. The summed E-state index contributed by atoms with van der Waals surface area (Å²) >= 11 is 0.